The summed E-state index contributed by atoms with van der Waals surface area (Å²) in [5.74, 6) is -0.901. The third kappa shape index (κ3) is 6.77. The smallest absolute Gasteiger partial charge is 0.304 e. The van der Waals surface area contributed by atoms with Gasteiger partial charge in [0, 0.05) is 12.1 Å². The van der Waals surface area contributed by atoms with Gasteiger partial charge in [-0.15, -0.1) is 0 Å². The van der Waals surface area contributed by atoms with Crippen LogP contribution in [0.25, 0.3) is 11.1 Å². The first-order chi connectivity index (χ1) is 17.8. The lowest BCUT2D eigenvalue weighted by Gasteiger charge is -2.25. The lowest BCUT2D eigenvalue weighted by Crippen LogP contribution is -2.38. The molecule has 0 bridgehead atoms. The Labute approximate surface area is 224 Å². The van der Waals surface area contributed by atoms with Crippen LogP contribution in [0.5, 0.6) is 5.75 Å². The number of nitrogens with one attached hydrogen (secondary N) is 1. The summed E-state index contributed by atoms with van der Waals surface area (Å²) in [7, 11) is 0. The maximum absolute atomic E-state index is 13.0. The Kier molecular flexibility index (Phi) is 8.61. The molecule has 0 spiro atoms. The van der Waals surface area contributed by atoms with Gasteiger partial charge in [0.25, 0.3) is 0 Å². The average Bonchev–Trinajstić information content (AvgIpc) is 3.17. The molecule has 1 fully saturated rings. The number of halogens is 1. The first kappa shape index (κ1) is 26.4. The van der Waals surface area contributed by atoms with Gasteiger partial charge in [0.1, 0.15) is 18.2 Å². The Morgan fingerprint density at radius 2 is 1.78 bits per heavy atom. The molecule has 7 nitrogen and oxygen atoms in total. The summed E-state index contributed by atoms with van der Waals surface area (Å²) in [6.45, 7) is 0.854. The van der Waals surface area contributed by atoms with Gasteiger partial charge in [-0.25, -0.2) is 0 Å². The molecule has 1 saturated heterocycles. The number of carbonyl (C=O) groups excluding carboxylic acids is 1. The SMILES string of the molecule is N=C(N)c1ccc(-c2ccc(OC[C@@H]3C[C@@H](CC(=O)O)C(=O)N3CCCc3ccccc3)c(Br)c2)cc1. The first-order valence-corrected chi connectivity index (χ1v) is 13.0. The Bertz CT molecular complexity index is 1260. The van der Waals surface area contributed by atoms with Crippen molar-refractivity contribution in [2.24, 2.45) is 11.7 Å². The second-order valence-corrected chi connectivity index (χ2v) is 10.1. The van der Waals surface area contributed by atoms with E-state index in [0.29, 0.717) is 30.9 Å². The number of amidine groups is 1. The predicted octanol–water partition coefficient (Wildman–Crippen LogP) is 5.10. The van der Waals surface area contributed by atoms with Crippen LogP contribution in [0, 0.1) is 11.3 Å². The highest BCUT2D eigenvalue weighted by atomic mass is 79.9. The van der Waals surface area contributed by atoms with Gasteiger partial charge < -0.3 is 20.5 Å². The van der Waals surface area contributed by atoms with Crippen LogP contribution in [0.2, 0.25) is 0 Å². The van der Waals surface area contributed by atoms with E-state index in [0.717, 1.165) is 28.4 Å². The highest BCUT2D eigenvalue weighted by Crippen LogP contribution is 2.33. The van der Waals surface area contributed by atoms with Crippen molar-refractivity contribution in [1.29, 1.82) is 5.41 Å². The number of carbonyl (C=O) groups is 2. The lowest BCUT2D eigenvalue weighted by atomic mass is 10.0. The van der Waals surface area contributed by atoms with Crippen molar-refractivity contribution in [2.45, 2.75) is 31.7 Å². The van der Waals surface area contributed by atoms with Crippen molar-refractivity contribution in [3.05, 3.63) is 88.4 Å². The summed E-state index contributed by atoms with van der Waals surface area (Å²) in [6, 6.07) is 23.2. The number of aryl methyl sites for hydroxylation is 1. The zero-order chi connectivity index (χ0) is 26.4. The van der Waals surface area contributed by atoms with E-state index in [9.17, 15) is 14.7 Å². The van der Waals surface area contributed by atoms with Gasteiger partial charge in [0.05, 0.1) is 22.9 Å². The number of benzene rings is 3. The number of amides is 1. The summed E-state index contributed by atoms with van der Waals surface area (Å²) < 4.78 is 6.91. The quantitative estimate of drug-likeness (QED) is 0.221. The van der Waals surface area contributed by atoms with Crippen LogP contribution in [0.15, 0.2) is 77.3 Å². The topological polar surface area (TPSA) is 117 Å². The fraction of sp³-hybridized carbons (Fsp3) is 0.276. The van der Waals surface area contributed by atoms with Crippen LogP contribution in [-0.2, 0) is 16.0 Å². The number of nitrogens with two attached hydrogens (primary N) is 1. The average molecular weight is 564 g/mol. The predicted molar refractivity (Wildman–Crippen MR) is 147 cm³/mol. The number of aliphatic carboxylic acids is 1. The second-order valence-electron chi connectivity index (χ2n) is 9.25. The minimum Gasteiger partial charge on any atom is -0.490 e. The van der Waals surface area contributed by atoms with E-state index in [-0.39, 0.29) is 24.2 Å². The molecular weight excluding hydrogens is 534 g/mol. The fourth-order valence-corrected chi connectivity index (χ4v) is 5.22. The van der Waals surface area contributed by atoms with Gasteiger partial charge in [-0.1, -0.05) is 60.7 Å². The van der Waals surface area contributed by atoms with Crippen LogP contribution in [0.1, 0.15) is 30.4 Å². The molecule has 0 aliphatic carbocycles. The van der Waals surface area contributed by atoms with Gasteiger partial charge in [0.15, 0.2) is 0 Å². The van der Waals surface area contributed by atoms with E-state index in [1.54, 1.807) is 4.90 Å². The minimum atomic E-state index is -0.959. The molecule has 4 rings (SSSR count). The first-order valence-electron chi connectivity index (χ1n) is 12.2. The molecular formula is C29H30BrN3O4. The van der Waals surface area contributed by atoms with E-state index in [4.69, 9.17) is 15.9 Å². The van der Waals surface area contributed by atoms with Crippen molar-refractivity contribution in [2.75, 3.05) is 13.2 Å². The molecule has 3 aromatic rings. The minimum absolute atomic E-state index is 0.0292. The summed E-state index contributed by atoms with van der Waals surface area (Å²) in [5, 5.41) is 16.8. The molecule has 1 aliphatic heterocycles. The largest absolute Gasteiger partial charge is 0.490 e. The molecule has 0 radical (unpaired) electrons. The Balaban J connectivity index is 1.41. The van der Waals surface area contributed by atoms with Crippen molar-refractivity contribution in [1.82, 2.24) is 4.90 Å². The van der Waals surface area contributed by atoms with Gasteiger partial charge >= 0.3 is 5.97 Å². The van der Waals surface area contributed by atoms with Crippen LogP contribution in [-0.4, -0.2) is 46.9 Å². The lowest BCUT2D eigenvalue weighted by molar-refractivity contribution is -0.142. The molecule has 0 aromatic heterocycles. The highest BCUT2D eigenvalue weighted by molar-refractivity contribution is 9.10. The van der Waals surface area contributed by atoms with Crippen molar-refractivity contribution >= 4 is 33.6 Å². The number of nitrogen functional groups attached to an aromatic ring is 1. The second kappa shape index (κ2) is 12.1. The van der Waals surface area contributed by atoms with E-state index < -0.39 is 11.9 Å². The standard InChI is InChI=1S/C29H30BrN3O4/c30-25-16-22(20-8-10-21(11-9-20)28(31)32)12-13-26(25)37-18-24-15-23(17-27(34)35)29(36)33(24)14-4-7-19-5-2-1-3-6-19/h1-3,5-6,8-13,16,23-24H,4,7,14-15,17-18H2,(H3,31,32)(H,34,35)/t23-,24-/m0/s1. The molecule has 0 saturated carbocycles. The molecule has 2 atom stereocenters. The Hall–Kier alpha value is -3.65. The maximum Gasteiger partial charge on any atom is 0.304 e. The Morgan fingerprint density at radius 1 is 1.08 bits per heavy atom. The number of nitrogens with zero attached hydrogens (tertiary/aromatic N) is 1. The number of carboxylic acid groups (broad SMARTS) is 1. The third-order valence-electron chi connectivity index (χ3n) is 6.65. The third-order valence-corrected chi connectivity index (χ3v) is 7.27. The van der Waals surface area contributed by atoms with E-state index in [2.05, 4.69) is 28.1 Å². The summed E-state index contributed by atoms with van der Waals surface area (Å²) in [6.07, 6.45) is 1.95. The van der Waals surface area contributed by atoms with Crippen LogP contribution in [0.4, 0.5) is 0 Å². The molecule has 8 heteroatoms. The maximum atomic E-state index is 13.0. The molecule has 0 unspecified atom stereocenters. The number of hydrogen-bond acceptors (Lipinski definition) is 4. The van der Waals surface area contributed by atoms with Crippen molar-refractivity contribution < 1.29 is 19.4 Å². The van der Waals surface area contributed by atoms with Gasteiger partial charge in [-0.2, -0.15) is 0 Å². The van der Waals surface area contributed by atoms with Gasteiger partial charge in [0.2, 0.25) is 5.91 Å². The van der Waals surface area contributed by atoms with Gasteiger partial charge in [-0.3, -0.25) is 15.0 Å². The van der Waals surface area contributed by atoms with Crippen LogP contribution >= 0.6 is 15.9 Å². The summed E-state index contributed by atoms with van der Waals surface area (Å²) in [5.41, 5.74) is 9.39. The summed E-state index contributed by atoms with van der Waals surface area (Å²) >= 11 is 3.59. The zero-order valence-electron chi connectivity index (χ0n) is 20.4. The highest BCUT2D eigenvalue weighted by Gasteiger charge is 2.40. The zero-order valence-corrected chi connectivity index (χ0v) is 22.0. The molecule has 1 aliphatic rings. The van der Waals surface area contributed by atoms with Crippen LogP contribution in [0.3, 0.4) is 0 Å². The van der Waals surface area contributed by atoms with E-state index in [1.165, 1.54) is 5.56 Å². The molecule has 37 heavy (non-hydrogen) atoms. The number of rotatable bonds is 11. The number of likely N-dealkylation sites (tertiary alicyclic amines) is 1. The molecule has 3 aromatic carbocycles. The number of hydrogen-bond donors (Lipinski definition) is 3. The monoisotopic (exact) mass is 563 g/mol. The van der Waals surface area contributed by atoms with Gasteiger partial charge in [-0.05, 0) is 64.0 Å². The fourth-order valence-electron chi connectivity index (χ4n) is 4.73. The van der Waals surface area contributed by atoms with Crippen LogP contribution < -0.4 is 10.5 Å². The molecule has 4 N–H and O–H groups in total. The number of carboxylic acids is 1. The molecule has 1 amide bonds. The van der Waals surface area contributed by atoms with E-state index >= 15 is 0 Å². The Morgan fingerprint density at radius 3 is 2.43 bits per heavy atom. The normalized spacial score (nSPS) is 17.1. The molecule has 192 valence electrons. The number of ether oxygens (including phenoxy) is 1. The molecule has 1 heterocycles. The summed E-state index contributed by atoms with van der Waals surface area (Å²) in [4.78, 5) is 26.1. The van der Waals surface area contributed by atoms with Crippen molar-refractivity contribution in [3.63, 3.8) is 0 Å². The van der Waals surface area contributed by atoms with E-state index in [1.807, 2.05) is 60.7 Å². The van der Waals surface area contributed by atoms with Crippen molar-refractivity contribution in [3.8, 4) is 16.9 Å².